The zero-order valence-corrected chi connectivity index (χ0v) is 14.0. The fourth-order valence-electron chi connectivity index (χ4n) is 2.82. The number of nitrogens with one attached hydrogen (secondary N) is 2. The summed E-state index contributed by atoms with van der Waals surface area (Å²) in [5.74, 6) is 0.498. The van der Waals surface area contributed by atoms with Gasteiger partial charge in [0.05, 0.1) is 11.6 Å². The van der Waals surface area contributed by atoms with Crippen molar-refractivity contribution in [3.05, 3.63) is 65.2 Å². The van der Waals surface area contributed by atoms with Gasteiger partial charge in [-0.2, -0.15) is 13.2 Å². The van der Waals surface area contributed by atoms with Gasteiger partial charge in [-0.1, -0.05) is 30.3 Å². The van der Waals surface area contributed by atoms with Gasteiger partial charge in [0.15, 0.2) is 0 Å². The fraction of sp³-hybridized carbons (Fsp3) is 0.316. The average Bonchev–Trinajstić information content (AvgIpc) is 3.03. The molecule has 1 saturated heterocycles. The summed E-state index contributed by atoms with van der Waals surface area (Å²) in [4.78, 5) is 11.5. The minimum absolute atomic E-state index is 0.00767. The molecule has 3 rings (SSSR count). The zero-order chi connectivity index (χ0) is 18.6. The van der Waals surface area contributed by atoms with Gasteiger partial charge in [0.25, 0.3) is 0 Å². The number of benzene rings is 2. The Kier molecular flexibility index (Phi) is 5.46. The van der Waals surface area contributed by atoms with Crippen molar-refractivity contribution in [1.82, 2.24) is 10.6 Å². The molecule has 2 N–H and O–H groups in total. The lowest BCUT2D eigenvalue weighted by Gasteiger charge is -2.14. The van der Waals surface area contributed by atoms with E-state index < -0.39 is 11.7 Å². The Bertz CT molecular complexity index is 760. The lowest BCUT2D eigenvalue weighted by atomic mass is 10.1. The number of hydrogen-bond donors (Lipinski definition) is 2. The summed E-state index contributed by atoms with van der Waals surface area (Å²) in [6, 6.07) is 12.3. The van der Waals surface area contributed by atoms with Crippen molar-refractivity contribution < 1.29 is 22.7 Å². The lowest BCUT2D eigenvalue weighted by molar-refractivity contribution is -0.138. The molecule has 4 nitrogen and oxygen atoms in total. The first-order valence-electron chi connectivity index (χ1n) is 8.31. The van der Waals surface area contributed by atoms with Crippen LogP contribution in [-0.2, 0) is 24.1 Å². The maximum atomic E-state index is 13.0. The van der Waals surface area contributed by atoms with Crippen molar-refractivity contribution >= 4 is 5.91 Å². The van der Waals surface area contributed by atoms with Gasteiger partial charge in [0, 0.05) is 18.7 Å². The normalized spacial score (nSPS) is 17.2. The highest BCUT2D eigenvalue weighted by Crippen LogP contribution is 2.32. The quantitative estimate of drug-likeness (QED) is 0.827. The molecule has 0 aliphatic carbocycles. The summed E-state index contributed by atoms with van der Waals surface area (Å²) in [6.07, 6.45) is -3.64. The van der Waals surface area contributed by atoms with Crippen molar-refractivity contribution in [3.8, 4) is 5.75 Å². The summed E-state index contributed by atoms with van der Waals surface area (Å²) in [5, 5.41) is 5.93. The Balaban J connectivity index is 1.56. The summed E-state index contributed by atoms with van der Waals surface area (Å²) < 4.78 is 44.4. The summed E-state index contributed by atoms with van der Waals surface area (Å²) in [5.41, 5.74) is 0.376. The van der Waals surface area contributed by atoms with E-state index in [0.29, 0.717) is 18.8 Å². The Morgan fingerprint density at radius 1 is 1.12 bits per heavy atom. The van der Waals surface area contributed by atoms with E-state index in [-0.39, 0.29) is 24.1 Å². The van der Waals surface area contributed by atoms with E-state index in [2.05, 4.69) is 10.6 Å². The molecule has 0 aromatic heterocycles. The number of halogens is 3. The van der Waals surface area contributed by atoms with Crippen LogP contribution in [0.2, 0.25) is 0 Å². The molecule has 2 aromatic rings. The molecule has 0 bridgehead atoms. The number of alkyl halides is 3. The third-order valence-electron chi connectivity index (χ3n) is 4.24. The van der Waals surface area contributed by atoms with Crippen LogP contribution < -0.4 is 15.4 Å². The smallest absolute Gasteiger partial charge is 0.416 e. The number of carbonyl (C=O) groups is 1. The molecule has 1 heterocycles. The van der Waals surface area contributed by atoms with Crippen LogP contribution in [-0.4, -0.2) is 18.5 Å². The van der Waals surface area contributed by atoms with Gasteiger partial charge >= 0.3 is 6.18 Å². The van der Waals surface area contributed by atoms with E-state index >= 15 is 0 Å². The Morgan fingerprint density at radius 3 is 2.50 bits per heavy atom. The van der Waals surface area contributed by atoms with Crippen LogP contribution >= 0.6 is 0 Å². The third kappa shape index (κ3) is 4.54. The molecule has 2 aromatic carbocycles. The third-order valence-corrected chi connectivity index (χ3v) is 4.24. The molecular formula is C19H19F3N2O2. The standard InChI is InChI=1S/C19H19F3N2O2/c20-19(21,22)16-4-2-1-3-14(16)12-26-15-7-5-13(6-8-15)11-24-17-9-10-23-18(17)25/h1-8,17,24H,9-12H2,(H,23,25). The highest BCUT2D eigenvalue weighted by atomic mass is 19.4. The van der Waals surface area contributed by atoms with Gasteiger partial charge in [-0.25, -0.2) is 0 Å². The van der Waals surface area contributed by atoms with Gasteiger partial charge in [0.1, 0.15) is 12.4 Å². The van der Waals surface area contributed by atoms with Crippen LogP contribution in [0, 0.1) is 0 Å². The van der Waals surface area contributed by atoms with E-state index in [0.717, 1.165) is 18.1 Å². The van der Waals surface area contributed by atoms with E-state index in [1.165, 1.54) is 12.1 Å². The summed E-state index contributed by atoms with van der Waals surface area (Å²) in [6.45, 7) is 1.06. The first-order chi connectivity index (χ1) is 12.4. The maximum absolute atomic E-state index is 13.0. The van der Waals surface area contributed by atoms with Crippen LogP contribution in [0.4, 0.5) is 13.2 Å². The SMILES string of the molecule is O=C1NCCC1NCc1ccc(OCc2ccccc2C(F)(F)F)cc1. The van der Waals surface area contributed by atoms with Gasteiger partial charge in [-0.05, 0) is 30.2 Å². The van der Waals surface area contributed by atoms with Gasteiger partial charge < -0.3 is 15.4 Å². The minimum Gasteiger partial charge on any atom is -0.489 e. The molecule has 26 heavy (non-hydrogen) atoms. The first-order valence-corrected chi connectivity index (χ1v) is 8.31. The van der Waals surface area contributed by atoms with Crippen LogP contribution in [0.1, 0.15) is 23.1 Å². The number of amides is 1. The molecule has 1 amide bonds. The minimum atomic E-state index is -4.40. The summed E-state index contributed by atoms with van der Waals surface area (Å²) >= 11 is 0. The van der Waals surface area contributed by atoms with Crippen molar-refractivity contribution in [2.45, 2.75) is 31.8 Å². The van der Waals surface area contributed by atoms with Gasteiger partial charge in [-0.15, -0.1) is 0 Å². The zero-order valence-electron chi connectivity index (χ0n) is 14.0. The van der Waals surface area contributed by atoms with Crippen molar-refractivity contribution in [3.63, 3.8) is 0 Å². The molecule has 1 aliphatic heterocycles. The molecule has 138 valence electrons. The number of carbonyl (C=O) groups excluding carboxylic acids is 1. The largest absolute Gasteiger partial charge is 0.489 e. The van der Waals surface area contributed by atoms with Gasteiger partial charge in [0.2, 0.25) is 5.91 Å². The fourth-order valence-corrected chi connectivity index (χ4v) is 2.82. The van der Waals surface area contributed by atoms with Crippen molar-refractivity contribution in [2.24, 2.45) is 0 Å². The number of ether oxygens (including phenoxy) is 1. The highest BCUT2D eigenvalue weighted by molar-refractivity contribution is 5.83. The second kappa shape index (κ2) is 7.78. The summed E-state index contributed by atoms with van der Waals surface area (Å²) in [7, 11) is 0. The van der Waals surface area contributed by atoms with E-state index in [9.17, 15) is 18.0 Å². The van der Waals surface area contributed by atoms with Crippen LogP contribution in [0.25, 0.3) is 0 Å². The van der Waals surface area contributed by atoms with Crippen LogP contribution in [0.3, 0.4) is 0 Å². The second-order valence-electron chi connectivity index (χ2n) is 6.10. The molecule has 0 saturated carbocycles. The Morgan fingerprint density at radius 2 is 1.85 bits per heavy atom. The predicted molar refractivity (Wildman–Crippen MR) is 90.5 cm³/mol. The molecule has 1 aliphatic rings. The topological polar surface area (TPSA) is 50.4 Å². The molecule has 0 radical (unpaired) electrons. The van der Waals surface area contributed by atoms with E-state index in [1.54, 1.807) is 18.2 Å². The molecule has 1 unspecified atom stereocenters. The molecular weight excluding hydrogens is 345 g/mol. The van der Waals surface area contributed by atoms with Crippen molar-refractivity contribution in [2.75, 3.05) is 6.54 Å². The maximum Gasteiger partial charge on any atom is 0.416 e. The average molecular weight is 364 g/mol. The number of rotatable bonds is 6. The van der Waals surface area contributed by atoms with E-state index in [1.807, 2.05) is 12.1 Å². The van der Waals surface area contributed by atoms with Crippen molar-refractivity contribution in [1.29, 1.82) is 0 Å². The molecule has 1 fully saturated rings. The Labute approximate surface area is 149 Å². The first kappa shape index (κ1) is 18.3. The molecule has 1 atom stereocenters. The predicted octanol–water partition coefficient (Wildman–Crippen LogP) is 3.26. The van der Waals surface area contributed by atoms with Crippen LogP contribution in [0.15, 0.2) is 48.5 Å². The Hall–Kier alpha value is -2.54. The van der Waals surface area contributed by atoms with E-state index in [4.69, 9.17) is 4.74 Å². The highest BCUT2D eigenvalue weighted by Gasteiger charge is 2.33. The second-order valence-corrected chi connectivity index (χ2v) is 6.10. The molecule has 0 spiro atoms. The van der Waals surface area contributed by atoms with Crippen LogP contribution in [0.5, 0.6) is 5.75 Å². The lowest BCUT2D eigenvalue weighted by Crippen LogP contribution is -2.35. The van der Waals surface area contributed by atoms with Gasteiger partial charge in [-0.3, -0.25) is 4.79 Å². The monoisotopic (exact) mass is 364 g/mol. The number of hydrogen-bond acceptors (Lipinski definition) is 3. The molecule has 7 heteroatoms.